The van der Waals surface area contributed by atoms with Crippen molar-refractivity contribution in [3.05, 3.63) is 0 Å². The molecule has 3 nitrogen and oxygen atoms in total. The van der Waals surface area contributed by atoms with Crippen molar-refractivity contribution in [2.24, 2.45) is 11.8 Å². The van der Waals surface area contributed by atoms with Crippen LogP contribution < -0.4 is 5.32 Å². The molecular weight excluding hydrogens is 178 g/mol. The molecule has 0 aromatic carbocycles. The zero-order chi connectivity index (χ0) is 11.1. The van der Waals surface area contributed by atoms with Gasteiger partial charge in [0.05, 0.1) is 6.54 Å². The zero-order valence-electron chi connectivity index (χ0n) is 9.59. The molecule has 0 aromatic heterocycles. The predicted octanol–water partition coefficient (Wildman–Crippen LogP) is 1.42. The first-order valence-electron chi connectivity index (χ1n) is 5.14. The minimum atomic E-state index is -0.0872. The fourth-order valence-electron chi connectivity index (χ4n) is 1.51. The summed E-state index contributed by atoms with van der Waals surface area (Å²) in [7, 11) is 1.74. The molecule has 82 valence electrons. The first kappa shape index (κ1) is 13.3. The van der Waals surface area contributed by atoms with Gasteiger partial charge >= 0.3 is 0 Å². The zero-order valence-corrected chi connectivity index (χ0v) is 9.59. The molecule has 14 heavy (non-hydrogen) atoms. The number of hydrogen-bond donors (Lipinski definition) is 1. The van der Waals surface area contributed by atoms with Crippen molar-refractivity contribution in [2.45, 2.75) is 33.6 Å². The van der Waals surface area contributed by atoms with E-state index < -0.39 is 0 Å². The van der Waals surface area contributed by atoms with Gasteiger partial charge in [-0.3, -0.25) is 9.59 Å². The summed E-state index contributed by atoms with van der Waals surface area (Å²) < 4.78 is 0. The number of nitrogens with one attached hydrogen (secondary N) is 1. The van der Waals surface area contributed by atoms with Crippen LogP contribution >= 0.6 is 0 Å². The van der Waals surface area contributed by atoms with Crippen molar-refractivity contribution >= 4 is 11.6 Å². The van der Waals surface area contributed by atoms with E-state index in [1.807, 2.05) is 0 Å². The molecule has 3 heteroatoms. The van der Waals surface area contributed by atoms with Gasteiger partial charge in [-0.2, -0.15) is 0 Å². The minimum Gasteiger partial charge on any atom is -0.313 e. The van der Waals surface area contributed by atoms with Gasteiger partial charge in [0.2, 0.25) is 0 Å². The number of Topliss-reactive ketones (excluding diaryl/α,β-unsaturated/α-hetero) is 2. The monoisotopic (exact) mass is 199 g/mol. The molecule has 0 aliphatic carbocycles. The molecule has 0 aliphatic heterocycles. The summed E-state index contributed by atoms with van der Waals surface area (Å²) in [6, 6.07) is 0. The van der Waals surface area contributed by atoms with Gasteiger partial charge in [0.25, 0.3) is 0 Å². The number of carbonyl (C=O) groups excluding carboxylic acids is 2. The smallest absolute Gasteiger partial charge is 0.147 e. The van der Waals surface area contributed by atoms with Crippen LogP contribution in [0.2, 0.25) is 0 Å². The van der Waals surface area contributed by atoms with E-state index in [2.05, 4.69) is 19.2 Å². The van der Waals surface area contributed by atoms with Crippen LogP contribution in [-0.4, -0.2) is 25.2 Å². The van der Waals surface area contributed by atoms with Gasteiger partial charge in [0.15, 0.2) is 0 Å². The molecule has 1 atom stereocenters. The summed E-state index contributed by atoms with van der Waals surface area (Å²) in [4.78, 5) is 22.6. The second-order valence-corrected chi connectivity index (χ2v) is 4.21. The third kappa shape index (κ3) is 5.86. The van der Waals surface area contributed by atoms with Crippen LogP contribution in [0.1, 0.15) is 33.6 Å². The molecule has 0 aliphatic rings. The van der Waals surface area contributed by atoms with Crippen LogP contribution in [0, 0.1) is 11.8 Å². The van der Waals surface area contributed by atoms with E-state index in [9.17, 15) is 9.59 Å². The Morgan fingerprint density at radius 3 is 2.21 bits per heavy atom. The highest BCUT2D eigenvalue weighted by Crippen LogP contribution is 2.16. The molecule has 0 spiro atoms. The molecule has 1 N–H and O–H groups in total. The van der Waals surface area contributed by atoms with Gasteiger partial charge in [0, 0.05) is 12.3 Å². The number of carbonyl (C=O) groups is 2. The van der Waals surface area contributed by atoms with Crippen molar-refractivity contribution in [3.8, 4) is 0 Å². The molecule has 0 fully saturated rings. The summed E-state index contributed by atoms with van der Waals surface area (Å²) in [5.41, 5.74) is 0. The Morgan fingerprint density at radius 1 is 1.29 bits per heavy atom. The molecule has 0 radical (unpaired) electrons. The van der Waals surface area contributed by atoms with E-state index in [0.29, 0.717) is 18.9 Å². The number of rotatable bonds is 7. The maximum absolute atomic E-state index is 11.3. The van der Waals surface area contributed by atoms with Crippen LogP contribution in [0.4, 0.5) is 0 Å². The van der Waals surface area contributed by atoms with Crippen LogP contribution in [0.25, 0.3) is 0 Å². The van der Waals surface area contributed by atoms with E-state index in [1.165, 1.54) is 0 Å². The van der Waals surface area contributed by atoms with E-state index in [-0.39, 0.29) is 17.5 Å². The molecule has 0 aromatic rings. The van der Waals surface area contributed by atoms with Gasteiger partial charge in [-0.1, -0.05) is 13.8 Å². The standard InChI is InChI=1S/C11H21NO2/c1-8(2)5-10(9(3)13)6-11(14)7-12-4/h8,10,12H,5-7H2,1-4H3. The van der Waals surface area contributed by atoms with Gasteiger partial charge in [-0.25, -0.2) is 0 Å². The molecule has 1 unspecified atom stereocenters. The van der Waals surface area contributed by atoms with Crippen LogP contribution in [0.5, 0.6) is 0 Å². The highest BCUT2D eigenvalue weighted by molar-refractivity contribution is 5.87. The molecule has 0 rings (SSSR count). The van der Waals surface area contributed by atoms with E-state index in [1.54, 1.807) is 14.0 Å². The largest absolute Gasteiger partial charge is 0.313 e. The summed E-state index contributed by atoms with van der Waals surface area (Å²) in [5.74, 6) is 0.624. The van der Waals surface area contributed by atoms with Gasteiger partial charge < -0.3 is 5.32 Å². The Bertz CT molecular complexity index is 199. The molecule has 0 bridgehead atoms. The van der Waals surface area contributed by atoms with Gasteiger partial charge in [-0.15, -0.1) is 0 Å². The summed E-state index contributed by atoms with van der Waals surface area (Å²) >= 11 is 0. The lowest BCUT2D eigenvalue weighted by Crippen LogP contribution is -2.24. The molecule has 0 heterocycles. The highest BCUT2D eigenvalue weighted by Gasteiger charge is 2.18. The average Bonchev–Trinajstić information content (AvgIpc) is 2.02. The van der Waals surface area contributed by atoms with Crippen molar-refractivity contribution in [1.82, 2.24) is 5.32 Å². The quantitative estimate of drug-likeness (QED) is 0.674. The van der Waals surface area contributed by atoms with E-state index in [0.717, 1.165) is 6.42 Å². The highest BCUT2D eigenvalue weighted by atomic mass is 16.1. The van der Waals surface area contributed by atoms with Gasteiger partial charge in [-0.05, 0) is 26.3 Å². The Labute approximate surface area is 86.3 Å². The van der Waals surface area contributed by atoms with Crippen LogP contribution in [0.15, 0.2) is 0 Å². The summed E-state index contributed by atoms with van der Waals surface area (Å²) in [6.45, 7) is 6.07. The fourth-order valence-corrected chi connectivity index (χ4v) is 1.51. The summed E-state index contributed by atoms with van der Waals surface area (Å²) in [5, 5.41) is 2.80. The Balaban J connectivity index is 4.09. The lowest BCUT2D eigenvalue weighted by molar-refractivity contribution is -0.126. The molecule has 0 amide bonds. The normalized spacial score (nSPS) is 12.9. The molecular formula is C11H21NO2. The van der Waals surface area contributed by atoms with Crippen LogP contribution in [0.3, 0.4) is 0 Å². The third-order valence-corrected chi connectivity index (χ3v) is 2.18. The fraction of sp³-hybridized carbons (Fsp3) is 0.818. The lowest BCUT2D eigenvalue weighted by atomic mass is 9.89. The number of likely N-dealkylation sites (N-methyl/N-ethyl adjacent to an activating group) is 1. The van der Waals surface area contributed by atoms with Crippen molar-refractivity contribution in [1.29, 1.82) is 0 Å². The average molecular weight is 199 g/mol. The topological polar surface area (TPSA) is 46.2 Å². The Hall–Kier alpha value is -0.700. The van der Waals surface area contributed by atoms with Crippen LogP contribution in [-0.2, 0) is 9.59 Å². The second-order valence-electron chi connectivity index (χ2n) is 4.21. The number of hydrogen-bond acceptors (Lipinski definition) is 3. The minimum absolute atomic E-state index is 0.0872. The Kier molecular flexibility index (Phi) is 6.37. The number of ketones is 2. The van der Waals surface area contributed by atoms with E-state index in [4.69, 9.17) is 0 Å². The molecule has 0 saturated heterocycles. The maximum atomic E-state index is 11.3. The van der Waals surface area contributed by atoms with Crippen molar-refractivity contribution in [2.75, 3.05) is 13.6 Å². The van der Waals surface area contributed by atoms with Crippen molar-refractivity contribution in [3.63, 3.8) is 0 Å². The Morgan fingerprint density at radius 2 is 1.86 bits per heavy atom. The third-order valence-electron chi connectivity index (χ3n) is 2.18. The van der Waals surface area contributed by atoms with Gasteiger partial charge in [0.1, 0.15) is 11.6 Å². The molecule has 0 saturated carbocycles. The first-order valence-corrected chi connectivity index (χ1v) is 5.14. The predicted molar refractivity (Wildman–Crippen MR) is 57.2 cm³/mol. The van der Waals surface area contributed by atoms with Crippen molar-refractivity contribution < 1.29 is 9.59 Å². The lowest BCUT2D eigenvalue weighted by Gasteiger charge is -2.14. The first-order chi connectivity index (χ1) is 6.47. The maximum Gasteiger partial charge on any atom is 0.147 e. The van der Waals surface area contributed by atoms with E-state index >= 15 is 0 Å². The second kappa shape index (κ2) is 6.71. The summed E-state index contributed by atoms with van der Waals surface area (Å²) in [6.07, 6.45) is 1.19. The SMILES string of the molecule is CNCC(=O)CC(CC(C)C)C(C)=O.